The minimum atomic E-state index is -0.0141. The Labute approximate surface area is 172 Å². The average Bonchev–Trinajstić information content (AvgIpc) is 3.28. The average molecular weight is 390 g/mol. The van der Waals surface area contributed by atoms with E-state index in [9.17, 15) is 0 Å². The molecule has 0 aliphatic carbocycles. The summed E-state index contributed by atoms with van der Waals surface area (Å²) in [5, 5.41) is 5.50. The van der Waals surface area contributed by atoms with Crippen LogP contribution in [0.5, 0.6) is 0 Å². The van der Waals surface area contributed by atoms with Crippen molar-refractivity contribution in [3.05, 3.63) is 90.0 Å². The Bertz CT molecular complexity index is 1630. The number of benzene rings is 4. The van der Waals surface area contributed by atoms with Crippen molar-refractivity contribution in [2.75, 3.05) is 0 Å². The summed E-state index contributed by atoms with van der Waals surface area (Å²) < 4.78 is 5.27. The molecule has 2 aromatic heterocycles. The van der Waals surface area contributed by atoms with Crippen LogP contribution in [0, 0.1) is 0 Å². The van der Waals surface area contributed by atoms with Crippen LogP contribution in [0.3, 0.4) is 0 Å². The van der Waals surface area contributed by atoms with Crippen LogP contribution < -0.4 is 0 Å². The molecule has 3 heterocycles. The monoisotopic (exact) mass is 389 g/mol. The maximum atomic E-state index is 2.50. The predicted octanol–water partition coefficient (Wildman–Crippen LogP) is 7.79. The summed E-state index contributed by atoms with van der Waals surface area (Å²) in [4.78, 5) is 0. The first-order valence-electron chi connectivity index (χ1n) is 10.1. The Morgan fingerprint density at radius 1 is 0.690 bits per heavy atom. The van der Waals surface area contributed by atoms with E-state index in [0.29, 0.717) is 0 Å². The molecule has 138 valence electrons. The summed E-state index contributed by atoms with van der Waals surface area (Å²) in [7, 11) is 0. The van der Waals surface area contributed by atoms with Crippen molar-refractivity contribution in [1.82, 2.24) is 4.57 Å². The fraction of sp³-hybridized carbons (Fsp3) is 0.111. The van der Waals surface area contributed by atoms with Crippen LogP contribution in [-0.2, 0) is 5.41 Å². The summed E-state index contributed by atoms with van der Waals surface area (Å²) in [6, 6.07) is 29.2. The Morgan fingerprint density at radius 2 is 1.45 bits per heavy atom. The van der Waals surface area contributed by atoms with Crippen LogP contribution in [-0.4, -0.2) is 4.57 Å². The molecule has 4 aromatic carbocycles. The second kappa shape index (κ2) is 5.08. The lowest BCUT2D eigenvalue weighted by Gasteiger charge is -2.34. The molecule has 0 amide bonds. The number of hydrogen-bond acceptors (Lipinski definition) is 1. The standard InChI is InChI=1S/C27H19NS/c1-27(2)19-10-4-5-12-21(19)28-22-15-14-17-16-8-3-6-13-23(16)29-26(17)24(22)18-9-7-11-20(27)25(18)28/h3-15H,1-2H3. The summed E-state index contributed by atoms with van der Waals surface area (Å²) in [6.45, 7) is 4.72. The van der Waals surface area contributed by atoms with E-state index in [1.165, 1.54) is 58.8 Å². The lowest BCUT2D eigenvalue weighted by Crippen LogP contribution is -2.26. The lowest BCUT2D eigenvalue weighted by molar-refractivity contribution is 0.630. The Balaban J connectivity index is 1.80. The van der Waals surface area contributed by atoms with Gasteiger partial charge in [-0.2, -0.15) is 0 Å². The molecule has 1 aliphatic heterocycles. The van der Waals surface area contributed by atoms with Gasteiger partial charge >= 0.3 is 0 Å². The molecule has 0 bridgehead atoms. The molecule has 29 heavy (non-hydrogen) atoms. The Kier molecular flexibility index (Phi) is 2.77. The van der Waals surface area contributed by atoms with E-state index < -0.39 is 0 Å². The van der Waals surface area contributed by atoms with Gasteiger partial charge in [-0.15, -0.1) is 11.3 Å². The Hall–Kier alpha value is -3.10. The van der Waals surface area contributed by atoms with Crippen molar-refractivity contribution in [1.29, 1.82) is 0 Å². The summed E-state index contributed by atoms with van der Waals surface area (Å²) in [6.07, 6.45) is 0. The highest BCUT2D eigenvalue weighted by molar-refractivity contribution is 7.26. The van der Waals surface area contributed by atoms with Crippen LogP contribution in [0.1, 0.15) is 25.0 Å². The molecule has 2 heteroatoms. The van der Waals surface area contributed by atoms with Gasteiger partial charge < -0.3 is 4.57 Å². The van der Waals surface area contributed by atoms with E-state index in [2.05, 4.69) is 97.3 Å². The quantitative estimate of drug-likeness (QED) is 0.250. The smallest absolute Gasteiger partial charge is 0.0582 e. The zero-order valence-electron chi connectivity index (χ0n) is 16.4. The molecule has 0 saturated carbocycles. The van der Waals surface area contributed by atoms with E-state index in [4.69, 9.17) is 0 Å². The molecule has 7 rings (SSSR count). The fourth-order valence-corrected chi connectivity index (χ4v) is 6.69. The largest absolute Gasteiger partial charge is 0.309 e. The van der Waals surface area contributed by atoms with Crippen LogP contribution in [0.15, 0.2) is 78.9 Å². The minimum Gasteiger partial charge on any atom is -0.309 e. The van der Waals surface area contributed by atoms with Gasteiger partial charge in [0.1, 0.15) is 0 Å². The number of nitrogens with zero attached hydrogens (tertiary/aromatic N) is 1. The summed E-state index contributed by atoms with van der Waals surface area (Å²) in [5.74, 6) is 0. The maximum Gasteiger partial charge on any atom is 0.0582 e. The predicted molar refractivity (Wildman–Crippen MR) is 126 cm³/mol. The number of rotatable bonds is 0. The minimum absolute atomic E-state index is 0.0141. The van der Waals surface area contributed by atoms with Crippen molar-refractivity contribution in [3.8, 4) is 5.69 Å². The SMILES string of the molecule is CC1(C)c2ccccc2-n2c3ccc4c5ccccc5sc4c3c3cccc1c32. The lowest BCUT2D eigenvalue weighted by atomic mass is 9.75. The third kappa shape index (κ3) is 1.77. The van der Waals surface area contributed by atoms with Gasteiger partial charge in [-0.1, -0.05) is 74.5 Å². The first kappa shape index (κ1) is 15.8. The number of aromatic nitrogens is 1. The van der Waals surface area contributed by atoms with E-state index in [1.807, 2.05) is 11.3 Å². The number of hydrogen-bond donors (Lipinski definition) is 0. The molecule has 0 atom stereocenters. The molecular weight excluding hydrogens is 370 g/mol. The van der Waals surface area contributed by atoms with Crippen molar-refractivity contribution in [2.45, 2.75) is 19.3 Å². The summed E-state index contributed by atoms with van der Waals surface area (Å²) >= 11 is 1.92. The highest BCUT2D eigenvalue weighted by Crippen LogP contribution is 2.49. The molecule has 0 fully saturated rings. The first-order chi connectivity index (χ1) is 14.2. The van der Waals surface area contributed by atoms with Gasteiger partial charge in [0, 0.05) is 36.4 Å². The van der Waals surface area contributed by atoms with Gasteiger partial charge in [0.2, 0.25) is 0 Å². The molecule has 0 radical (unpaired) electrons. The second-order valence-electron chi connectivity index (χ2n) is 8.61. The number of para-hydroxylation sites is 2. The van der Waals surface area contributed by atoms with Gasteiger partial charge in [-0.25, -0.2) is 0 Å². The molecule has 1 nitrogen and oxygen atoms in total. The highest BCUT2D eigenvalue weighted by atomic mass is 32.1. The maximum absolute atomic E-state index is 2.50. The van der Waals surface area contributed by atoms with Crippen molar-refractivity contribution >= 4 is 53.3 Å². The van der Waals surface area contributed by atoms with E-state index >= 15 is 0 Å². The zero-order chi connectivity index (χ0) is 19.3. The van der Waals surface area contributed by atoms with Gasteiger partial charge in [-0.3, -0.25) is 0 Å². The molecular formula is C27H19NS. The van der Waals surface area contributed by atoms with Gasteiger partial charge in [0.25, 0.3) is 0 Å². The molecule has 0 spiro atoms. The van der Waals surface area contributed by atoms with E-state index in [0.717, 1.165) is 0 Å². The number of fused-ring (bicyclic) bond motifs is 9. The number of thiophene rings is 1. The van der Waals surface area contributed by atoms with E-state index in [1.54, 1.807) is 0 Å². The third-order valence-electron chi connectivity index (χ3n) is 6.79. The van der Waals surface area contributed by atoms with Crippen molar-refractivity contribution in [2.24, 2.45) is 0 Å². The topological polar surface area (TPSA) is 4.93 Å². The molecule has 1 aliphatic rings. The van der Waals surface area contributed by atoms with Crippen LogP contribution >= 0.6 is 11.3 Å². The normalized spacial score (nSPS) is 14.8. The fourth-order valence-electron chi connectivity index (χ4n) is 5.43. The van der Waals surface area contributed by atoms with Crippen LogP contribution in [0.25, 0.3) is 47.7 Å². The first-order valence-corrected chi connectivity index (χ1v) is 11.0. The van der Waals surface area contributed by atoms with Crippen LogP contribution in [0.4, 0.5) is 0 Å². The van der Waals surface area contributed by atoms with E-state index in [-0.39, 0.29) is 5.41 Å². The molecule has 0 saturated heterocycles. The third-order valence-corrected chi connectivity index (χ3v) is 7.99. The van der Waals surface area contributed by atoms with Crippen LogP contribution in [0.2, 0.25) is 0 Å². The molecule has 0 N–H and O–H groups in total. The van der Waals surface area contributed by atoms with Gasteiger partial charge in [-0.05, 0) is 29.3 Å². The van der Waals surface area contributed by atoms with Crippen molar-refractivity contribution in [3.63, 3.8) is 0 Å². The molecule has 0 unspecified atom stereocenters. The van der Waals surface area contributed by atoms with Gasteiger partial charge in [0.05, 0.1) is 16.7 Å². The highest BCUT2D eigenvalue weighted by Gasteiger charge is 2.35. The second-order valence-corrected chi connectivity index (χ2v) is 9.67. The Morgan fingerprint density at radius 3 is 2.38 bits per heavy atom. The zero-order valence-corrected chi connectivity index (χ0v) is 17.2. The van der Waals surface area contributed by atoms with Gasteiger partial charge in [0.15, 0.2) is 0 Å². The summed E-state index contributed by atoms with van der Waals surface area (Å²) in [5.41, 5.74) is 6.80. The van der Waals surface area contributed by atoms with Crippen molar-refractivity contribution < 1.29 is 0 Å². The molecule has 6 aromatic rings.